The van der Waals surface area contributed by atoms with Crippen molar-refractivity contribution < 1.29 is 13.2 Å². The maximum absolute atomic E-state index is 12.6. The fourth-order valence-corrected chi connectivity index (χ4v) is 4.14. The number of ketones is 1. The highest BCUT2D eigenvalue weighted by molar-refractivity contribution is 7.89. The summed E-state index contributed by atoms with van der Waals surface area (Å²) >= 11 is 0. The molecule has 0 unspecified atom stereocenters. The van der Waals surface area contributed by atoms with Crippen molar-refractivity contribution in [2.24, 2.45) is 5.14 Å². The normalized spacial score (nSPS) is 11.4. The quantitative estimate of drug-likeness (QED) is 0.634. The van der Waals surface area contributed by atoms with Crippen LogP contribution in [0.5, 0.6) is 0 Å². The molecule has 3 aromatic carbocycles. The molecule has 28 heavy (non-hydrogen) atoms. The number of aryl methyl sites for hydroxylation is 2. The highest BCUT2D eigenvalue weighted by Crippen LogP contribution is 2.25. The molecule has 0 aliphatic rings. The van der Waals surface area contributed by atoms with Crippen molar-refractivity contribution in [1.82, 2.24) is 0 Å². The number of primary sulfonamides is 1. The summed E-state index contributed by atoms with van der Waals surface area (Å²) < 4.78 is 23.0. The van der Waals surface area contributed by atoms with Crippen molar-refractivity contribution in [1.29, 1.82) is 0 Å². The Balaban J connectivity index is 1.79. The van der Waals surface area contributed by atoms with Crippen molar-refractivity contribution >= 4 is 15.8 Å². The van der Waals surface area contributed by atoms with E-state index in [9.17, 15) is 13.2 Å². The minimum absolute atomic E-state index is 0.0157. The summed E-state index contributed by atoms with van der Waals surface area (Å²) in [5.74, 6) is -0.0157. The van der Waals surface area contributed by atoms with E-state index in [0.29, 0.717) is 11.1 Å². The van der Waals surface area contributed by atoms with Gasteiger partial charge >= 0.3 is 0 Å². The molecule has 0 fully saturated rings. The average Bonchev–Trinajstić information content (AvgIpc) is 2.67. The van der Waals surface area contributed by atoms with Crippen molar-refractivity contribution in [2.45, 2.75) is 31.6 Å². The van der Waals surface area contributed by atoms with Gasteiger partial charge in [-0.2, -0.15) is 0 Å². The van der Waals surface area contributed by atoms with Gasteiger partial charge in [-0.05, 0) is 47.2 Å². The average molecular weight is 394 g/mol. The van der Waals surface area contributed by atoms with Crippen LogP contribution in [0.15, 0.2) is 71.6 Å². The second-order valence-corrected chi connectivity index (χ2v) is 8.36. The Morgan fingerprint density at radius 1 is 0.964 bits per heavy atom. The van der Waals surface area contributed by atoms with Crippen LogP contribution in [0.3, 0.4) is 0 Å². The number of carbonyl (C=O) groups excluding carboxylic acids is 1. The van der Waals surface area contributed by atoms with Gasteiger partial charge in [0, 0.05) is 12.0 Å². The number of hydrogen-bond acceptors (Lipinski definition) is 3. The molecule has 0 heterocycles. The van der Waals surface area contributed by atoms with Crippen LogP contribution in [0.1, 0.15) is 34.0 Å². The highest BCUT2D eigenvalue weighted by atomic mass is 32.2. The Labute approximate surface area is 166 Å². The molecule has 0 bridgehead atoms. The molecule has 0 spiro atoms. The molecule has 0 aromatic heterocycles. The van der Waals surface area contributed by atoms with Crippen molar-refractivity contribution in [2.75, 3.05) is 0 Å². The Morgan fingerprint density at radius 3 is 2.25 bits per heavy atom. The number of Topliss-reactive ketones (excluding diaryl/α,β-unsaturated/α-hetero) is 1. The van der Waals surface area contributed by atoms with Crippen LogP contribution in [-0.4, -0.2) is 14.2 Å². The second kappa shape index (κ2) is 8.09. The summed E-state index contributed by atoms with van der Waals surface area (Å²) in [6, 6.07) is 20.7. The number of sulfonamides is 1. The van der Waals surface area contributed by atoms with Gasteiger partial charge in [0.2, 0.25) is 10.0 Å². The second-order valence-electron chi connectivity index (χ2n) is 6.83. The highest BCUT2D eigenvalue weighted by Gasteiger charge is 2.14. The lowest BCUT2D eigenvalue weighted by atomic mass is 9.95. The molecule has 4 nitrogen and oxygen atoms in total. The van der Waals surface area contributed by atoms with Gasteiger partial charge < -0.3 is 0 Å². The van der Waals surface area contributed by atoms with Crippen molar-refractivity contribution in [3.8, 4) is 11.1 Å². The van der Waals surface area contributed by atoms with Gasteiger partial charge in [-0.3, -0.25) is 4.79 Å². The lowest BCUT2D eigenvalue weighted by molar-refractivity contribution is 0.0993. The topological polar surface area (TPSA) is 77.2 Å². The predicted molar refractivity (Wildman–Crippen MR) is 112 cm³/mol. The first-order valence-corrected chi connectivity index (χ1v) is 10.7. The fraction of sp³-hybridized carbons (Fsp3) is 0.174. The maximum Gasteiger partial charge on any atom is 0.238 e. The maximum atomic E-state index is 12.6. The molecule has 0 atom stereocenters. The molecule has 144 valence electrons. The number of benzene rings is 3. The lowest BCUT2D eigenvalue weighted by Gasteiger charge is -2.09. The molecule has 0 saturated heterocycles. The zero-order valence-electron chi connectivity index (χ0n) is 16.0. The molecule has 0 radical (unpaired) electrons. The summed E-state index contributed by atoms with van der Waals surface area (Å²) in [5.41, 5.74) is 5.47. The van der Waals surface area contributed by atoms with E-state index in [1.807, 2.05) is 36.4 Å². The third-order valence-corrected chi connectivity index (χ3v) is 5.90. The van der Waals surface area contributed by atoms with Crippen LogP contribution in [0, 0.1) is 6.92 Å². The Morgan fingerprint density at radius 2 is 1.64 bits per heavy atom. The van der Waals surface area contributed by atoms with Gasteiger partial charge in [-0.25, -0.2) is 13.6 Å². The van der Waals surface area contributed by atoms with E-state index in [4.69, 9.17) is 5.14 Å². The Kier molecular flexibility index (Phi) is 5.77. The number of rotatable bonds is 6. The van der Waals surface area contributed by atoms with E-state index >= 15 is 0 Å². The zero-order chi connectivity index (χ0) is 20.3. The van der Waals surface area contributed by atoms with Crippen molar-refractivity contribution in [3.05, 3.63) is 89.0 Å². The first-order chi connectivity index (χ1) is 13.3. The molecule has 3 rings (SSSR count). The fourth-order valence-electron chi connectivity index (χ4n) is 3.37. The molecule has 5 heteroatoms. The Hall–Kier alpha value is -2.76. The molecule has 0 aliphatic carbocycles. The molecule has 0 aliphatic heterocycles. The summed E-state index contributed by atoms with van der Waals surface area (Å²) in [4.78, 5) is 12.7. The summed E-state index contributed by atoms with van der Waals surface area (Å²) in [6.45, 7) is 3.80. The SMILES string of the molecule is CCc1ccccc1-c1ccc(C(=O)Cc2ccc(S(N)(=O)=O)c(C)c2)cc1. The van der Waals surface area contributed by atoms with Crippen LogP contribution in [0.2, 0.25) is 0 Å². The number of hydrogen-bond donors (Lipinski definition) is 1. The predicted octanol–water partition coefficient (Wildman–Crippen LogP) is 4.30. The standard InChI is InChI=1S/C23H23NO3S/c1-3-18-6-4-5-7-21(18)19-9-11-20(12-10-19)22(25)15-17-8-13-23(16(2)14-17)28(24,26)27/h4-14H,3,15H2,1-2H3,(H2,24,26,27). The van der Waals surface area contributed by atoms with Gasteiger partial charge in [0.25, 0.3) is 0 Å². The van der Waals surface area contributed by atoms with E-state index in [2.05, 4.69) is 19.1 Å². The molecule has 2 N–H and O–H groups in total. The van der Waals surface area contributed by atoms with Crippen molar-refractivity contribution in [3.63, 3.8) is 0 Å². The van der Waals surface area contributed by atoms with Crippen LogP contribution < -0.4 is 5.14 Å². The minimum atomic E-state index is -3.75. The monoisotopic (exact) mass is 393 g/mol. The smallest absolute Gasteiger partial charge is 0.238 e. The molecular formula is C23H23NO3S. The van der Waals surface area contributed by atoms with Crippen LogP contribution >= 0.6 is 0 Å². The lowest BCUT2D eigenvalue weighted by Crippen LogP contribution is -2.14. The largest absolute Gasteiger partial charge is 0.294 e. The van der Waals surface area contributed by atoms with Gasteiger partial charge in [0.05, 0.1) is 4.90 Å². The van der Waals surface area contributed by atoms with E-state index in [0.717, 1.165) is 17.5 Å². The molecule has 3 aromatic rings. The Bertz CT molecular complexity index is 1120. The van der Waals surface area contributed by atoms with Gasteiger partial charge in [0.15, 0.2) is 5.78 Å². The molecular weight excluding hydrogens is 370 g/mol. The van der Waals surface area contributed by atoms with E-state index in [1.165, 1.54) is 17.2 Å². The molecule has 0 amide bonds. The first kappa shape index (κ1) is 20.0. The summed E-state index contributed by atoms with van der Waals surface area (Å²) in [6.07, 6.45) is 1.15. The number of nitrogens with two attached hydrogens (primary N) is 1. The van der Waals surface area contributed by atoms with Crippen LogP contribution in [0.25, 0.3) is 11.1 Å². The number of carbonyl (C=O) groups is 1. The summed E-state index contributed by atoms with van der Waals surface area (Å²) in [7, 11) is -3.75. The summed E-state index contributed by atoms with van der Waals surface area (Å²) in [5, 5.41) is 5.19. The van der Waals surface area contributed by atoms with Gasteiger partial charge in [0.1, 0.15) is 0 Å². The first-order valence-electron chi connectivity index (χ1n) is 9.13. The third-order valence-electron chi connectivity index (χ3n) is 4.83. The van der Waals surface area contributed by atoms with E-state index in [-0.39, 0.29) is 17.1 Å². The van der Waals surface area contributed by atoms with E-state index < -0.39 is 10.0 Å². The molecule has 0 saturated carbocycles. The third kappa shape index (κ3) is 4.38. The van der Waals surface area contributed by atoms with Gasteiger partial charge in [-0.1, -0.05) is 67.6 Å². The van der Waals surface area contributed by atoms with Gasteiger partial charge in [-0.15, -0.1) is 0 Å². The van der Waals surface area contributed by atoms with Crippen LogP contribution in [0.4, 0.5) is 0 Å². The van der Waals surface area contributed by atoms with Crippen LogP contribution in [-0.2, 0) is 22.9 Å². The zero-order valence-corrected chi connectivity index (χ0v) is 16.8. The minimum Gasteiger partial charge on any atom is -0.294 e. The van der Waals surface area contributed by atoms with E-state index in [1.54, 1.807) is 19.1 Å².